The second-order valence-electron chi connectivity index (χ2n) is 5.85. The maximum absolute atomic E-state index is 3.61. The summed E-state index contributed by atoms with van der Waals surface area (Å²) < 4.78 is 0. The van der Waals surface area contributed by atoms with Crippen LogP contribution >= 0.6 is 0 Å². The van der Waals surface area contributed by atoms with Crippen molar-refractivity contribution in [1.29, 1.82) is 0 Å². The molecule has 0 heterocycles. The van der Waals surface area contributed by atoms with E-state index < -0.39 is 0 Å². The van der Waals surface area contributed by atoms with Crippen LogP contribution in [-0.2, 0) is 11.8 Å². The van der Waals surface area contributed by atoms with Gasteiger partial charge in [-0.25, -0.2) is 0 Å². The summed E-state index contributed by atoms with van der Waals surface area (Å²) in [4.78, 5) is 0. The summed E-state index contributed by atoms with van der Waals surface area (Å²) in [6.07, 6.45) is 1.04. The van der Waals surface area contributed by atoms with Crippen molar-refractivity contribution in [2.75, 3.05) is 0 Å². The third kappa shape index (κ3) is 2.16. The van der Waals surface area contributed by atoms with Gasteiger partial charge < -0.3 is 0 Å². The fraction of sp³-hybridized carbons (Fsp3) is 0.294. The van der Waals surface area contributed by atoms with E-state index in [9.17, 15) is 0 Å². The second-order valence-corrected chi connectivity index (χ2v) is 5.85. The Bertz CT molecular complexity index is 576. The van der Waals surface area contributed by atoms with E-state index in [0.717, 1.165) is 6.42 Å². The van der Waals surface area contributed by atoms with Gasteiger partial charge in [0.2, 0.25) is 0 Å². The summed E-state index contributed by atoms with van der Waals surface area (Å²) in [6.45, 7) is 6.73. The molecular weight excluding hydrogens is 211 g/mol. The van der Waals surface area contributed by atoms with Crippen molar-refractivity contribution in [2.45, 2.75) is 32.6 Å². The Morgan fingerprint density at radius 3 is 2.39 bits per heavy atom. The van der Waals surface area contributed by atoms with Crippen molar-refractivity contribution in [3.63, 3.8) is 0 Å². The zero-order chi connectivity index (χ0) is 12.0. The molecule has 0 N–H and O–H groups in total. The fourth-order valence-corrected chi connectivity index (χ4v) is 2.50. The predicted molar refractivity (Wildman–Crippen MR) is 72.2 cm³/mol. The summed E-state index contributed by atoms with van der Waals surface area (Å²) in [5, 5.41) is 0. The van der Waals surface area contributed by atoms with Gasteiger partial charge in [0.15, 0.2) is 0 Å². The molecule has 0 nitrogen and oxygen atoms in total. The van der Waals surface area contributed by atoms with Gasteiger partial charge in [0.25, 0.3) is 0 Å². The monoisotopic (exact) mass is 228 g/mol. The van der Waals surface area contributed by atoms with Crippen molar-refractivity contribution in [1.82, 2.24) is 0 Å². The molecule has 3 rings (SSSR count). The smallest absolute Gasteiger partial charge is 0.175 e. The van der Waals surface area contributed by atoms with Gasteiger partial charge in [0.05, 0.1) is 0 Å². The Kier molecular flexibility index (Phi) is 3.45. The number of rotatable bonds is 0. The van der Waals surface area contributed by atoms with Crippen LogP contribution in [0.15, 0.2) is 36.4 Å². The summed E-state index contributed by atoms with van der Waals surface area (Å²) in [5.74, 6) is 0. The SMILES string of the molecule is CC(C)(C)c1[c-]c2c(cc1)-c1ccccc1C2.[Li+]. The minimum Gasteiger partial charge on any atom is -0.175 e. The molecule has 1 aliphatic carbocycles. The van der Waals surface area contributed by atoms with Crippen LogP contribution in [0.1, 0.15) is 37.5 Å². The number of benzene rings is 2. The van der Waals surface area contributed by atoms with Crippen molar-refractivity contribution in [2.24, 2.45) is 0 Å². The number of hydrogen-bond donors (Lipinski definition) is 0. The average molecular weight is 228 g/mol. The minimum atomic E-state index is 0. The Hall–Kier alpha value is -0.963. The molecule has 0 fully saturated rings. The molecule has 0 spiro atoms. The van der Waals surface area contributed by atoms with E-state index in [0.29, 0.717) is 0 Å². The molecule has 18 heavy (non-hydrogen) atoms. The van der Waals surface area contributed by atoms with Crippen LogP contribution in [0.3, 0.4) is 0 Å². The molecule has 0 aromatic heterocycles. The molecule has 0 radical (unpaired) electrons. The largest absolute Gasteiger partial charge is 1.00 e. The standard InChI is InChI=1S/C17H17.Li/c1-17(2,3)14-8-9-16-13(11-14)10-12-6-4-5-7-15(12)16;/h4-9H,10H2,1-3H3;/q-1;+1. The first-order valence-corrected chi connectivity index (χ1v) is 6.20. The van der Waals surface area contributed by atoms with Gasteiger partial charge >= 0.3 is 18.9 Å². The van der Waals surface area contributed by atoms with Crippen LogP contribution in [0.25, 0.3) is 11.1 Å². The molecule has 86 valence electrons. The summed E-state index contributed by atoms with van der Waals surface area (Å²) in [6, 6.07) is 16.8. The third-order valence-electron chi connectivity index (χ3n) is 3.51. The molecule has 0 unspecified atom stereocenters. The van der Waals surface area contributed by atoms with E-state index in [4.69, 9.17) is 0 Å². The van der Waals surface area contributed by atoms with Gasteiger partial charge in [-0.15, -0.1) is 11.1 Å². The van der Waals surface area contributed by atoms with Crippen LogP contribution in [-0.4, -0.2) is 0 Å². The van der Waals surface area contributed by atoms with Gasteiger partial charge in [-0.05, 0) is 11.8 Å². The van der Waals surface area contributed by atoms with E-state index in [2.05, 4.69) is 63.2 Å². The van der Waals surface area contributed by atoms with Crippen molar-refractivity contribution in [3.05, 3.63) is 59.2 Å². The van der Waals surface area contributed by atoms with Crippen LogP contribution < -0.4 is 18.9 Å². The molecule has 2 aromatic rings. The molecule has 1 aliphatic rings. The van der Waals surface area contributed by atoms with Gasteiger partial charge in [-0.1, -0.05) is 56.2 Å². The summed E-state index contributed by atoms with van der Waals surface area (Å²) in [7, 11) is 0. The molecule has 0 bridgehead atoms. The molecule has 2 aromatic carbocycles. The summed E-state index contributed by atoms with van der Waals surface area (Å²) >= 11 is 0. The van der Waals surface area contributed by atoms with Crippen molar-refractivity contribution in [3.8, 4) is 11.1 Å². The Morgan fingerprint density at radius 1 is 0.944 bits per heavy atom. The molecule has 0 aliphatic heterocycles. The zero-order valence-electron chi connectivity index (χ0n) is 11.7. The average Bonchev–Trinajstić information content (AvgIpc) is 2.65. The first-order chi connectivity index (χ1) is 8.05. The van der Waals surface area contributed by atoms with Crippen LogP contribution in [0.5, 0.6) is 0 Å². The Labute approximate surface area is 122 Å². The molecule has 0 saturated carbocycles. The zero-order valence-corrected chi connectivity index (χ0v) is 11.7. The van der Waals surface area contributed by atoms with Crippen LogP contribution in [0, 0.1) is 6.07 Å². The van der Waals surface area contributed by atoms with Gasteiger partial charge in [-0.2, -0.15) is 23.8 Å². The van der Waals surface area contributed by atoms with E-state index in [1.165, 1.54) is 27.8 Å². The molecule has 0 atom stereocenters. The topological polar surface area (TPSA) is 0 Å². The maximum atomic E-state index is 3.61. The van der Waals surface area contributed by atoms with E-state index in [-0.39, 0.29) is 24.3 Å². The first-order valence-electron chi connectivity index (χ1n) is 6.20. The van der Waals surface area contributed by atoms with Gasteiger partial charge in [-0.3, -0.25) is 0 Å². The molecule has 0 saturated heterocycles. The van der Waals surface area contributed by atoms with Crippen molar-refractivity contribution >= 4 is 0 Å². The maximum Gasteiger partial charge on any atom is 1.00 e. The molecular formula is C17H17Li. The summed E-state index contributed by atoms with van der Waals surface area (Å²) in [5.41, 5.74) is 7.05. The Balaban J connectivity index is 0.00000120. The Morgan fingerprint density at radius 2 is 1.67 bits per heavy atom. The molecule has 1 heteroatoms. The van der Waals surface area contributed by atoms with Gasteiger partial charge in [0.1, 0.15) is 0 Å². The van der Waals surface area contributed by atoms with Crippen LogP contribution in [0.4, 0.5) is 0 Å². The fourth-order valence-electron chi connectivity index (χ4n) is 2.50. The number of fused-ring (bicyclic) bond motifs is 3. The van der Waals surface area contributed by atoms with E-state index in [1.54, 1.807) is 0 Å². The molecule has 0 amide bonds. The van der Waals surface area contributed by atoms with E-state index >= 15 is 0 Å². The van der Waals surface area contributed by atoms with E-state index in [1.807, 2.05) is 0 Å². The van der Waals surface area contributed by atoms with Crippen LogP contribution in [0.2, 0.25) is 0 Å². The number of hydrogen-bond acceptors (Lipinski definition) is 0. The first kappa shape index (κ1) is 13.5. The van der Waals surface area contributed by atoms with Crippen molar-refractivity contribution < 1.29 is 18.9 Å². The minimum absolute atomic E-state index is 0. The normalized spacial score (nSPS) is 12.6. The quantitative estimate of drug-likeness (QED) is 0.402. The predicted octanol–water partition coefficient (Wildman–Crippen LogP) is 1.36. The van der Waals surface area contributed by atoms with Gasteiger partial charge in [0, 0.05) is 0 Å². The third-order valence-corrected chi connectivity index (χ3v) is 3.51. The second kappa shape index (κ2) is 4.61.